The van der Waals surface area contributed by atoms with Gasteiger partial charge in [-0.05, 0) is 30.7 Å². The van der Waals surface area contributed by atoms with E-state index in [2.05, 4.69) is 5.32 Å². The van der Waals surface area contributed by atoms with Crippen molar-refractivity contribution in [1.82, 2.24) is 5.32 Å². The van der Waals surface area contributed by atoms with Crippen LogP contribution in [-0.4, -0.2) is 17.6 Å². The highest BCUT2D eigenvalue weighted by Crippen LogP contribution is 2.25. The van der Waals surface area contributed by atoms with Crippen molar-refractivity contribution >= 4 is 39.8 Å². The van der Waals surface area contributed by atoms with E-state index in [0.717, 1.165) is 11.0 Å². The molecule has 0 aliphatic heterocycles. The number of benzene rings is 1. The number of fused-ring (bicyclic) bond motifs is 1. The lowest BCUT2D eigenvalue weighted by Crippen LogP contribution is -2.24. The topological polar surface area (TPSA) is 62.5 Å². The van der Waals surface area contributed by atoms with E-state index in [-0.39, 0.29) is 5.91 Å². The number of aliphatic hydroxyl groups is 1. The van der Waals surface area contributed by atoms with E-state index in [1.165, 1.54) is 11.3 Å². The fourth-order valence-electron chi connectivity index (χ4n) is 2.15. The molecule has 0 radical (unpaired) electrons. The normalized spacial score (nSPS) is 12.5. The van der Waals surface area contributed by atoms with Crippen LogP contribution in [0.1, 0.15) is 28.0 Å². The van der Waals surface area contributed by atoms with Crippen LogP contribution in [0.15, 0.2) is 46.9 Å². The van der Waals surface area contributed by atoms with Gasteiger partial charge in [-0.1, -0.05) is 29.8 Å². The van der Waals surface area contributed by atoms with Crippen molar-refractivity contribution in [2.24, 2.45) is 0 Å². The summed E-state index contributed by atoms with van der Waals surface area (Å²) in [6.07, 6.45) is -0.371. The van der Waals surface area contributed by atoms with Crippen LogP contribution in [0, 0.1) is 0 Å². The van der Waals surface area contributed by atoms with Gasteiger partial charge in [0.15, 0.2) is 0 Å². The molecule has 0 fully saturated rings. The molecule has 0 saturated heterocycles. The average molecular weight is 336 g/mol. The van der Waals surface area contributed by atoms with E-state index in [1.54, 1.807) is 12.1 Å². The number of furan rings is 1. The number of carbonyl (C=O) groups is 1. The summed E-state index contributed by atoms with van der Waals surface area (Å²) in [6.45, 7) is 0.354. The smallest absolute Gasteiger partial charge is 0.261 e. The van der Waals surface area contributed by atoms with Gasteiger partial charge in [0.05, 0.1) is 9.21 Å². The monoisotopic (exact) mass is 335 g/mol. The maximum atomic E-state index is 11.9. The Morgan fingerprint density at radius 2 is 2.14 bits per heavy atom. The second-order valence-corrected chi connectivity index (χ2v) is 6.57. The van der Waals surface area contributed by atoms with Crippen LogP contribution >= 0.6 is 22.9 Å². The number of thiophene rings is 1. The Morgan fingerprint density at radius 3 is 2.86 bits per heavy atom. The van der Waals surface area contributed by atoms with E-state index in [4.69, 9.17) is 16.0 Å². The molecule has 0 aliphatic rings. The first-order valence-corrected chi connectivity index (χ1v) is 8.03. The molecule has 1 atom stereocenters. The van der Waals surface area contributed by atoms with Gasteiger partial charge in [0.2, 0.25) is 0 Å². The van der Waals surface area contributed by atoms with Gasteiger partial charge in [0.25, 0.3) is 5.91 Å². The van der Waals surface area contributed by atoms with Crippen molar-refractivity contribution in [3.05, 3.63) is 57.4 Å². The van der Waals surface area contributed by atoms with Crippen LogP contribution in [0.2, 0.25) is 4.34 Å². The highest BCUT2D eigenvalue weighted by atomic mass is 35.5. The first-order chi connectivity index (χ1) is 10.6. The zero-order valence-corrected chi connectivity index (χ0v) is 13.2. The molecule has 6 heteroatoms. The summed E-state index contributed by atoms with van der Waals surface area (Å²) in [5, 5.41) is 13.9. The molecule has 3 rings (SSSR count). The lowest BCUT2D eigenvalue weighted by Gasteiger charge is -2.08. The Morgan fingerprint density at radius 1 is 1.32 bits per heavy atom. The largest absolute Gasteiger partial charge is 0.458 e. The SMILES string of the molecule is O=C(NCCC(O)c1cc2ccccc2o1)c1ccc(Cl)s1. The minimum Gasteiger partial charge on any atom is -0.458 e. The summed E-state index contributed by atoms with van der Waals surface area (Å²) in [6, 6.07) is 12.8. The first kappa shape index (κ1) is 15.1. The first-order valence-electron chi connectivity index (χ1n) is 6.83. The highest BCUT2D eigenvalue weighted by Gasteiger charge is 2.14. The van der Waals surface area contributed by atoms with Crippen LogP contribution < -0.4 is 5.32 Å². The highest BCUT2D eigenvalue weighted by molar-refractivity contribution is 7.17. The zero-order valence-electron chi connectivity index (χ0n) is 11.6. The van der Waals surface area contributed by atoms with Crippen LogP contribution in [0.3, 0.4) is 0 Å². The molecule has 0 aliphatic carbocycles. The second-order valence-electron chi connectivity index (χ2n) is 4.85. The molecule has 3 aromatic rings. The van der Waals surface area contributed by atoms with Crippen molar-refractivity contribution < 1.29 is 14.3 Å². The number of hydrogen-bond acceptors (Lipinski definition) is 4. The third kappa shape index (κ3) is 3.32. The minimum absolute atomic E-state index is 0.186. The van der Waals surface area contributed by atoms with Crippen molar-refractivity contribution in [3.63, 3.8) is 0 Å². The number of rotatable bonds is 5. The number of halogens is 1. The van der Waals surface area contributed by atoms with Gasteiger partial charge in [0.1, 0.15) is 17.4 Å². The molecule has 0 spiro atoms. The number of para-hydroxylation sites is 1. The van der Waals surface area contributed by atoms with Gasteiger partial charge >= 0.3 is 0 Å². The van der Waals surface area contributed by atoms with Gasteiger partial charge in [-0.25, -0.2) is 0 Å². The standard InChI is InChI=1S/C16H14ClNO3S/c17-15-6-5-14(22-15)16(20)18-8-7-11(19)13-9-10-3-1-2-4-12(10)21-13/h1-6,9,11,19H,7-8H2,(H,18,20). The summed E-state index contributed by atoms with van der Waals surface area (Å²) >= 11 is 7.02. The molecular formula is C16H14ClNO3S. The third-order valence-electron chi connectivity index (χ3n) is 3.27. The van der Waals surface area contributed by atoms with Crippen molar-refractivity contribution in [2.75, 3.05) is 6.54 Å². The number of hydrogen-bond donors (Lipinski definition) is 2. The Bertz CT molecular complexity index is 762. The third-order valence-corrected chi connectivity index (χ3v) is 4.50. The molecule has 2 aromatic heterocycles. The molecule has 1 amide bonds. The molecule has 22 heavy (non-hydrogen) atoms. The van der Waals surface area contributed by atoms with Crippen LogP contribution in [0.25, 0.3) is 11.0 Å². The van der Waals surface area contributed by atoms with E-state index in [0.29, 0.717) is 27.9 Å². The lowest BCUT2D eigenvalue weighted by molar-refractivity contribution is 0.0940. The Kier molecular flexibility index (Phi) is 4.47. The number of nitrogens with one attached hydrogen (secondary N) is 1. The predicted molar refractivity (Wildman–Crippen MR) is 87.5 cm³/mol. The molecule has 4 nitrogen and oxygen atoms in total. The lowest BCUT2D eigenvalue weighted by atomic mass is 10.2. The van der Waals surface area contributed by atoms with Gasteiger partial charge < -0.3 is 14.8 Å². The number of amides is 1. The van der Waals surface area contributed by atoms with Crippen LogP contribution in [-0.2, 0) is 0 Å². The Balaban J connectivity index is 1.55. The molecule has 1 aromatic carbocycles. The van der Waals surface area contributed by atoms with Crippen LogP contribution in [0.5, 0.6) is 0 Å². The summed E-state index contributed by atoms with van der Waals surface area (Å²) < 4.78 is 6.17. The summed E-state index contributed by atoms with van der Waals surface area (Å²) in [5.74, 6) is 0.323. The van der Waals surface area contributed by atoms with Gasteiger partial charge in [-0.15, -0.1) is 11.3 Å². The van der Waals surface area contributed by atoms with E-state index < -0.39 is 6.10 Å². The molecule has 0 bridgehead atoms. The van der Waals surface area contributed by atoms with E-state index >= 15 is 0 Å². The maximum Gasteiger partial charge on any atom is 0.261 e. The fraction of sp³-hybridized carbons (Fsp3) is 0.188. The summed E-state index contributed by atoms with van der Waals surface area (Å²) in [4.78, 5) is 12.4. The molecule has 0 saturated carbocycles. The Labute approximate surface area is 136 Å². The number of aliphatic hydroxyl groups excluding tert-OH is 1. The van der Waals surface area contributed by atoms with Crippen molar-refractivity contribution in [1.29, 1.82) is 0 Å². The minimum atomic E-state index is -0.750. The summed E-state index contributed by atoms with van der Waals surface area (Å²) in [7, 11) is 0. The van der Waals surface area contributed by atoms with E-state index in [1.807, 2.05) is 30.3 Å². The second kappa shape index (κ2) is 6.52. The van der Waals surface area contributed by atoms with Gasteiger partial charge in [-0.2, -0.15) is 0 Å². The average Bonchev–Trinajstić information content (AvgIpc) is 3.12. The molecule has 2 N–H and O–H groups in total. The van der Waals surface area contributed by atoms with Crippen molar-refractivity contribution in [2.45, 2.75) is 12.5 Å². The Hall–Kier alpha value is -1.82. The predicted octanol–water partition coefficient (Wildman–Crippen LogP) is 4.00. The maximum absolute atomic E-state index is 11.9. The van der Waals surface area contributed by atoms with E-state index in [9.17, 15) is 9.90 Å². The number of carbonyl (C=O) groups excluding carboxylic acids is 1. The van der Waals surface area contributed by atoms with Gasteiger partial charge in [0, 0.05) is 11.9 Å². The molecule has 2 heterocycles. The molecule has 1 unspecified atom stereocenters. The van der Waals surface area contributed by atoms with Gasteiger partial charge in [-0.3, -0.25) is 4.79 Å². The quantitative estimate of drug-likeness (QED) is 0.740. The fourth-order valence-corrected chi connectivity index (χ4v) is 3.11. The van der Waals surface area contributed by atoms with Crippen molar-refractivity contribution in [3.8, 4) is 0 Å². The molecular weight excluding hydrogens is 322 g/mol. The summed E-state index contributed by atoms with van der Waals surface area (Å²) in [5.41, 5.74) is 0.744. The molecule has 114 valence electrons. The zero-order chi connectivity index (χ0) is 15.5. The van der Waals surface area contributed by atoms with Crippen LogP contribution in [0.4, 0.5) is 0 Å².